The van der Waals surface area contributed by atoms with Crippen LogP contribution in [0.25, 0.3) is 6.08 Å². The van der Waals surface area contributed by atoms with E-state index in [9.17, 15) is 22.4 Å². The molecule has 166 valence electrons. The Morgan fingerprint density at radius 1 is 1.07 bits per heavy atom. The van der Waals surface area contributed by atoms with Gasteiger partial charge in [-0.25, -0.2) is 22.4 Å². The Bertz CT molecular complexity index is 823. The van der Waals surface area contributed by atoms with Crippen LogP contribution in [0.15, 0.2) is 11.5 Å². The number of alkyl carbamates (subject to hydrolysis) is 1. The Hall–Kier alpha value is -2.07. The van der Waals surface area contributed by atoms with Crippen molar-refractivity contribution in [3.8, 4) is 0 Å². The molecule has 1 aromatic rings. The van der Waals surface area contributed by atoms with E-state index >= 15 is 0 Å². The summed E-state index contributed by atoms with van der Waals surface area (Å²) in [7, 11) is -1.13. The quantitative estimate of drug-likeness (QED) is 0.424. The standard InChI is InChI=1S/C20H26BF4NO4/c1-18(2,3)28-17(27)26-10-11(21-29-19(4,5)20(6,7)30-21)8-12-15(24)13(22)9-14(23)16(12)25/h8-9H,10H2,1-7H3,(H,26,27). The molecular weight excluding hydrogens is 405 g/mol. The van der Waals surface area contributed by atoms with E-state index < -0.39 is 58.8 Å². The van der Waals surface area contributed by atoms with Gasteiger partial charge in [0, 0.05) is 12.6 Å². The van der Waals surface area contributed by atoms with Gasteiger partial charge in [0.25, 0.3) is 0 Å². The van der Waals surface area contributed by atoms with E-state index in [1.807, 2.05) is 0 Å². The van der Waals surface area contributed by atoms with Crippen molar-refractivity contribution in [1.29, 1.82) is 0 Å². The van der Waals surface area contributed by atoms with Crippen LogP contribution < -0.4 is 5.32 Å². The maximum Gasteiger partial charge on any atom is 0.492 e. The van der Waals surface area contributed by atoms with Crippen molar-refractivity contribution in [3.05, 3.63) is 40.4 Å². The maximum absolute atomic E-state index is 14.2. The van der Waals surface area contributed by atoms with E-state index in [2.05, 4.69) is 5.32 Å². The summed E-state index contributed by atoms with van der Waals surface area (Å²) in [5, 5.41) is 2.44. The van der Waals surface area contributed by atoms with Crippen molar-refractivity contribution >= 4 is 19.3 Å². The number of hydrogen-bond donors (Lipinski definition) is 1. The third-order valence-corrected chi connectivity index (χ3v) is 4.87. The third kappa shape index (κ3) is 5.34. The number of ether oxygens (including phenoxy) is 1. The van der Waals surface area contributed by atoms with E-state index in [0.717, 1.165) is 6.08 Å². The van der Waals surface area contributed by atoms with Gasteiger partial charge in [-0.1, -0.05) is 6.08 Å². The predicted octanol–water partition coefficient (Wildman–Crippen LogP) is 4.78. The molecule has 0 aliphatic carbocycles. The number of amides is 1. The molecule has 1 aliphatic rings. The van der Waals surface area contributed by atoms with Gasteiger partial charge in [-0.05, 0) is 53.9 Å². The van der Waals surface area contributed by atoms with Crippen LogP contribution in [0, 0.1) is 23.3 Å². The first-order valence-electron chi connectivity index (χ1n) is 9.40. The van der Waals surface area contributed by atoms with Crippen LogP contribution in [0.2, 0.25) is 0 Å². The van der Waals surface area contributed by atoms with Crippen LogP contribution in [0.5, 0.6) is 0 Å². The van der Waals surface area contributed by atoms with Gasteiger partial charge in [0.15, 0.2) is 23.3 Å². The first-order chi connectivity index (χ1) is 13.5. The number of rotatable bonds is 4. The topological polar surface area (TPSA) is 56.8 Å². The number of carbonyl (C=O) groups excluding carboxylic acids is 1. The van der Waals surface area contributed by atoms with Gasteiger partial charge < -0.3 is 19.4 Å². The van der Waals surface area contributed by atoms with Gasteiger partial charge in [0.05, 0.1) is 16.8 Å². The van der Waals surface area contributed by atoms with Gasteiger partial charge in [-0.2, -0.15) is 0 Å². The van der Waals surface area contributed by atoms with E-state index in [4.69, 9.17) is 14.0 Å². The van der Waals surface area contributed by atoms with Crippen LogP contribution in [0.1, 0.15) is 54.0 Å². The SMILES string of the molecule is CC(C)(C)OC(=O)NCC(=Cc1c(F)c(F)cc(F)c1F)B1OC(C)(C)C(C)(C)O1. The summed E-state index contributed by atoms with van der Waals surface area (Å²) in [5.41, 5.74) is -3.27. The highest BCUT2D eigenvalue weighted by Gasteiger charge is 2.52. The Labute approximate surface area is 173 Å². The molecule has 1 aliphatic heterocycles. The van der Waals surface area contributed by atoms with Gasteiger partial charge >= 0.3 is 13.2 Å². The summed E-state index contributed by atoms with van der Waals surface area (Å²) in [6.45, 7) is 11.7. The summed E-state index contributed by atoms with van der Waals surface area (Å²) in [6.07, 6.45) is 0.0763. The predicted molar refractivity (Wildman–Crippen MR) is 105 cm³/mol. The van der Waals surface area contributed by atoms with Crippen molar-refractivity contribution in [2.75, 3.05) is 6.54 Å². The van der Waals surface area contributed by atoms with Crippen LogP contribution in [-0.2, 0) is 14.0 Å². The summed E-state index contributed by atoms with van der Waals surface area (Å²) >= 11 is 0. The Balaban J connectivity index is 2.43. The molecule has 1 fully saturated rings. The lowest BCUT2D eigenvalue weighted by atomic mass is 9.77. The lowest BCUT2D eigenvalue weighted by Gasteiger charge is -2.32. The lowest BCUT2D eigenvalue weighted by Crippen LogP contribution is -2.41. The van der Waals surface area contributed by atoms with E-state index in [-0.39, 0.29) is 18.1 Å². The number of hydrogen-bond acceptors (Lipinski definition) is 4. The number of carbonyl (C=O) groups is 1. The Morgan fingerprint density at radius 2 is 1.53 bits per heavy atom. The molecule has 0 radical (unpaired) electrons. The maximum atomic E-state index is 14.2. The molecule has 1 saturated heterocycles. The Morgan fingerprint density at radius 3 is 1.97 bits per heavy atom. The minimum absolute atomic E-state index is 0.0438. The van der Waals surface area contributed by atoms with Crippen LogP contribution in [0.4, 0.5) is 22.4 Å². The second-order valence-electron chi connectivity index (χ2n) is 9.04. The molecule has 0 unspecified atom stereocenters. The molecule has 2 rings (SSSR count). The molecule has 0 spiro atoms. The molecule has 1 amide bonds. The van der Waals surface area contributed by atoms with Crippen LogP contribution >= 0.6 is 0 Å². The Kier molecular flexibility index (Phi) is 6.64. The number of halogens is 4. The van der Waals surface area contributed by atoms with Crippen molar-refractivity contribution in [2.24, 2.45) is 0 Å². The van der Waals surface area contributed by atoms with Crippen molar-refractivity contribution < 1.29 is 36.4 Å². The average Bonchev–Trinajstić information content (AvgIpc) is 2.78. The number of benzene rings is 1. The second kappa shape index (κ2) is 8.22. The van der Waals surface area contributed by atoms with E-state index in [1.54, 1.807) is 48.5 Å². The number of nitrogens with one attached hydrogen (secondary N) is 1. The molecule has 0 atom stereocenters. The van der Waals surface area contributed by atoms with E-state index in [1.165, 1.54) is 0 Å². The van der Waals surface area contributed by atoms with Crippen LogP contribution in [-0.4, -0.2) is 36.6 Å². The fourth-order valence-electron chi connectivity index (χ4n) is 2.59. The molecule has 0 saturated carbocycles. The van der Waals surface area contributed by atoms with E-state index in [0.29, 0.717) is 0 Å². The van der Waals surface area contributed by atoms with Gasteiger partial charge in [0.1, 0.15) is 5.60 Å². The molecule has 5 nitrogen and oxygen atoms in total. The molecule has 0 bridgehead atoms. The smallest absolute Gasteiger partial charge is 0.444 e. The van der Waals surface area contributed by atoms with Crippen LogP contribution in [0.3, 0.4) is 0 Å². The highest BCUT2D eigenvalue weighted by atomic mass is 19.2. The summed E-state index contributed by atoms with van der Waals surface area (Å²) < 4.78 is 72.5. The monoisotopic (exact) mass is 431 g/mol. The molecule has 1 N–H and O–H groups in total. The zero-order valence-electron chi connectivity index (χ0n) is 18.1. The van der Waals surface area contributed by atoms with Crippen molar-refractivity contribution in [2.45, 2.75) is 65.3 Å². The molecule has 1 heterocycles. The van der Waals surface area contributed by atoms with Gasteiger partial charge in [0.2, 0.25) is 0 Å². The first-order valence-corrected chi connectivity index (χ1v) is 9.40. The minimum Gasteiger partial charge on any atom is -0.444 e. The molecule has 10 heteroatoms. The third-order valence-electron chi connectivity index (χ3n) is 4.87. The van der Waals surface area contributed by atoms with Gasteiger partial charge in [-0.3, -0.25) is 0 Å². The first kappa shape index (κ1) is 24.2. The highest BCUT2D eigenvalue weighted by Crippen LogP contribution is 2.39. The lowest BCUT2D eigenvalue weighted by molar-refractivity contribution is 0.00578. The summed E-state index contributed by atoms with van der Waals surface area (Å²) in [4.78, 5) is 12.0. The highest BCUT2D eigenvalue weighted by molar-refractivity contribution is 6.56. The molecule has 30 heavy (non-hydrogen) atoms. The summed E-state index contributed by atoms with van der Waals surface area (Å²) in [5.74, 6) is -6.23. The normalized spacial score (nSPS) is 18.5. The van der Waals surface area contributed by atoms with Crippen molar-refractivity contribution in [3.63, 3.8) is 0 Å². The summed E-state index contributed by atoms with van der Waals surface area (Å²) in [6, 6.07) is 0.120. The second-order valence-corrected chi connectivity index (χ2v) is 9.04. The average molecular weight is 431 g/mol. The largest absolute Gasteiger partial charge is 0.492 e. The van der Waals surface area contributed by atoms with Gasteiger partial charge in [-0.15, -0.1) is 0 Å². The fraction of sp³-hybridized carbons (Fsp3) is 0.550. The van der Waals surface area contributed by atoms with Crippen molar-refractivity contribution in [1.82, 2.24) is 5.32 Å². The zero-order valence-corrected chi connectivity index (χ0v) is 18.1. The zero-order chi connectivity index (χ0) is 23.1. The minimum atomic E-state index is -1.57. The molecule has 1 aromatic carbocycles. The molecule has 0 aromatic heterocycles. The molecular formula is C20H26BF4NO4. The fourth-order valence-corrected chi connectivity index (χ4v) is 2.59.